The van der Waals surface area contributed by atoms with Crippen molar-refractivity contribution in [1.29, 1.82) is 0 Å². The smallest absolute Gasteiger partial charge is 0.225 e. The van der Waals surface area contributed by atoms with E-state index in [4.69, 9.17) is 0 Å². The first-order valence-electron chi connectivity index (χ1n) is 11.1. The number of nitrogens with zero attached hydrogens (tertiary/aromatic N) is 5. The average Bonchev–Trinajstić information content (AvgIpc) is 2.74. The van der Waals surface area contributed by atoms with Crippen LogP contribution in [0.5, 0.6) is 0 Å². The van der Waals surface area contributed by atoms with Crippen molar-refractivity contribution in [2.75, 3.05) is 44.7 Å². The van der Waals surface area contributed by atoms with Gasteiger partial charge in [-0.1, -0.05) is 30.3 Å². The summed E-state index contributed by atoms with van der Waals surface area (Å²) in [5.41, 5.74) is 3.26. The molecule has 0 radical (unpaired) electrons. The van der Waals surface area contributed by atoms with Gasteiger partial charge in [-0.15, -0.1) is 0 Å². The minimum absolute atomic E-state index is 0.154. The number of amides is 1. The van der Waals surface area contributed by atoms with Crippen LogP contribution in [-0.2, 0) is 4.79 Å². The largest absolute Gasteiger partial charge is 0.341 e. The van der Waals surface area contributed by atoms with Gasteiger partial charge in [-0.2, -0.15) is 0 Å². The molecule has 1 atom stereocenters. The van der Waals surface area contributed by atoms with E-state index >= 15 is 0 Å². The van der Waals surface area contributed by atoms with Gasteiger partial charge in [0, 0.05) is 50.5 Å². The fraction of sp³-hybridized carbons (Fsp3) is 0.542. The van der Waals surface area contributed by atoms with Gasteiger partial charge in [-0.25, -0.2) is 9.97 Å². The lowest BCUT2D eigenvalue weighted by Crippen LogP contribution is -2.50. The minimum atomic E-state index is 0.154. The molecule has 2 saturated heterocycles. The van der Waals surface area contributed by atoms with E-state index in [1.54, 1.807) is 0 Å². The van der Waals surface area contributed by atoms with Gasteiger partial charge in [0.05, 0.1) is 6.04 Å². The fourth-order valence-electron chi connectivity index (χ4n) is 4.73. The number of aryl methyl sites for hydroxylation is 2. The van der Waals surface area contributed by atoms with Crippen molar-refractivity contribution in [2.24, 2.45) is 5.92 Å². The quantitative estimate of drug-likeness (QED) is 0.779. The van der Waals surface area contributed by atoms with Crippen LogP contribution in [0.25, 0.3) is 0 Å². The Labute approximate surface area is 179 Å². The van der Waals surface area contributed by atoms with Crippen LogP contribution in [0.1, 0.15) is 42.3 Å². The molecule has 1 amide bonds. The molecule has 30 heavy (non-hydrogen) atoms. The second-order valence-corrected chi connectivity index (χ2v) is 8.86. The first-order chi connectivity index (χ1) is 14.5. The molecule has 1 aromatic carbocycles. The van der Waals surface area contributed by atoms with Crippen molar-refractivity contribution in [3.8, 4) is 0 Å². The molecule has 0 N–H and O–H groups in total. The number of likely N-dealkylation sites (N-methyl/N-ethyl adjacent to an activating group) is 1. The van der Waals surface area contributed by atoms with E-state index in [9.17, 15) is 4.79 Å². The zero-order chi connectivity index (χ0) is 21.1. The number of benzene rings is 1. The Kier molecular flexibility index (Phi) is 6.32. The van der Waals surface area contributed by atoms with Gasteiger partial charge in [0.1, 0.15) is 0 Å². The Balaban J connectivity index is 1.37. The molecule has 4 rings (SSSR count). The first-order valence-corrected chi connectivity index (χ1v) is 11.1. The number of piperazine rings is 1. The summed E-state index contributed by atoms with van der Waals surface area (Å²) in [4.78, 5) is 29.2. The first kappa shape index (κ1) is 20.8. The summed E-state index contributed by atoms with van der Waals surface area (Å²) in [6, 6.07) is 12.6. The summed E-state index contributed by atoms with van der Waals surface area (Å²) < 4.78 is 0. The van der Waals surface area contributed by atoms with Crippen molar-refractivity contribution < 1.29 is 4.79 Å². The van der Waals surface area contributed by atoms with Crippen molar-refractivity contribution in [1.82, 2.24) is 19.8 Å². The molecule has 2 aliphatic heterocycles. The lowest BCUT2D eigenvalue weighted by atomic mass is 9.92. The molecule has 0 aliphatic carbocycles. The Morgan fingerprint density at radius 1 is 1.00 bits per heavy atom. The highest BCUT2D eigenvalue weighted by Gasteiger charge is 2.32. The van der Waals surface area contributed by atoms with Crippen LogP contribution in [0.4, 0.5) is 5.95 Å². The summed E-state index contributed by atoms with van der Waals surface area (Å²) in [6.45, 7) is 8.53. The summed E-state index contributed by atoms with van der Waals surface area (Å²) in [7, 11) is 2.14. The Morgan fingerprint density at radius 2 is 1.67 bits per heavy atom. The topological polar surface area (TPSA) is 52.6 Å². The summed E-state index contributed by atoms with van der Waals surface area (Å²) in [5.74, 6) is 1.58. The normalized spacial score (nSPS) is 21.1. The van der Waals surface area contributed by atoms with E-state index in [2.05, 4.69) is 56.0 Å². The maximum Gasteiger partial charge on any atom is 0.225 e. The minimum Gasteiger partial charge on any atom is -0.341 e. The molecule has 3 heterocycles. The SMILES string of the molecule is Cc1cc(C)nc(N2CCC(CC(=O)N3CCN(C)CC3c3ccccc3)CC2)n1. The molecule has 160 valence electrons. The summed E-state index contributed by atoms with van der Waals surface area (Å²) in [5, 5.41) is 0. The second kappa shape index (κ2) is 9.13. The molecule has 2 aromatic rings. The molecule has 6 nitrogen and oxygen atoms in total. The van der Waals surface area contributed by atoms with Crippen LogP contribution in [0.15, 0.2) is 36.4 Å². The van der Waals surface area contributed by atoms with Gasteiger partial charge in [-0.3, -0.25) is 4.79 Å². The average molecular weight is 408 g/mol. The van der Waals surface area contributed by atoms with Crippen molar-refractivity contribution >= 4 is 11.9 Å². The molecular formula is C24H33N5O. The second-order valence-electron chi connectivity index (χ2n) is 8.86. The third-order valence-electron chi connectivity index (χ3n) is 6.42. The van der Waals surface area contributed by atoms with Gasteiger partial charge in [-0.05, 0) is 51.3 Å². The highest BCUT2D eigenvalue weighted by molar-refractivity contribution is 5.77. The fourth-order valence-corrected chi connectivity index (χ4v) is 4.73. The van der Waals surface area contributed by atoms with E-state index in [0.717, 1.165) is 62.9 Å². The number of aromatic nitrogens is 2. The molecule has 1 unspecified atom stereocenters. The number of hydrogen-bond acceptors (Lipinski definition) is 5. The molecule has 2 fully saturated rings. The van der Waals surface area contributed by atoms with E-state index in [1.165, 1.54) is 5.56 Å². The van der Waals surface area contributed by atoms with Crippen LogP contribution in [-0.4, -0.2) is 65.4 Å². The zero-order valence-electron chi connectivity index (χ0n) is 18.4. The van der Waals surface area contributed by atoms with Crippen molar-refractivity contribution in [2.45, 2.75) is 39.2 Å². The van der Waals surface area contributed by atoms with Crippen LogP contribution in [0.3, 0.4) is 0 Å². The number of carbonyl (C=O) groups is 1. The number of piperidine rings is 1. The van der Waals surface area contributed by atoms with E-state index < -0.39 is 0 Å². The van der Waals surface area contributed by atoms with Crippen molar-refractivity contribution in [3.05, 3.63) is 53.3 Å². The maximum atomic E-state index is 13.3. The van der Waals surface area contributed by atoms with Crippen LogP contribution in [0.2, 0.25) is 0 Å². The van der Waals surface area contributed by atoms with E-state index in [-0.39, 0.29) is 6.04 Å². The number of carbonyl (C=O) groups excluding carboxylic acids is 1. The van der Waals surface area contributed by atoms with E-state index in [0.29, 0.717) is 18.2 Å². The predicted molar refractivity (Wildman–Crippen MR) is 119 cm³/mol. The maximum absolute atomic E-state index is 13.3. The lowest BCUT2D eigenvalue weighted by Gasteiger charge is -2.41. The highest BCUT2D eigenvalue weighted by Crippen LogP contribution is 2.29. The van der Waals surface area contributed by atoms with Gasteiger partial charge >= 0.3 is 0 Å². The Hall–Kier alpha value is -2.47. The van der Waals surface area contributed by atoms with Crippen molar-refractivity contribution in [3.63, 3.8) is 0 Å². The monoisotopic (exact) mass is 407 g/mol. The summed E-state index contributed by atoms with van der Waals surface area (Å²) in [6.07, 6.45) is 2.69. The molecule has 1 aromatic heterocycles. The van der Waals surface area contributed by atoms with Crippen LogP contribution >= 0.6 is 0 Å². The van der Waals surface area contributed by atoms with Crippen LogP contribution < -0.4 is 4.90 Å². The van der Waals surface area contributed by atoms with Gasteiger partial charge < -0.3 is 14.7 Å². The molecule has 6 heteroatoms. The van der Waals surface area contributed by atoms with Gasteiger partial charge in [0.15, 0.2) is 0 Å². The number of hydrogen-bond donors (Lipinski definition) is 0. The predicted octanol–water partition coefficient (Wildman–Crippen LogP) is 3.22. The molecule has 2 aliphatic rings. The molecule has 0 spiro atoms. The molecule has 0 bridgehead atoms. The Morgan fingerprint density at radius 3 is 2.33 bits per heavy atom. The van der Waals surface area contributed by atoms with E-state index in [1.807, 2.05) is 26.0 Å². The zero-order valence-corrected chi connectivity index (χ0v) is 18.4. The number of anilines is 1. The van der Waals surface area contributed by atoms with Gasteiger partial charge in [0.2, 0.25) is 11.9 Å². The molecule has 0 saturated carbocycles. The van der Waals surface area contributed by atoms with Gasteiger partial charge in [0.25, 0.3) is 0 Å². The Bertz CT molecular complexity index is 843. The highest BCUT2D eigenvalue weighted by atomic mass is 16.2. The third kappa shape index (κ3) is 4.81. The third-order valence-corrected chi connectivity index (χ3v) is 6.42. The summed E-state index contributed by atoms with van der Waals surface area (Å²) >= 11 is 0. The standard InChI is InChI=1S/C24H33N5O/c1-18-15-19(2)26-24(25-18)28-11-9-20(10-12-28)16-23(30)29-14-13-27(3)17-22(29)21-7-5-4-6-8-21/h4-8,15,20,22H,9-14,16-17H2,1-3H3. The lowest BCUT2D eigenvalue weighted by molar-refractivity contribution is -0.137. The van der Waals surface area contributed by atoms with Crippen LogP contribution in [0, 0.1) is 19.8 Å². The number of rotatable bonds is 4. The molecular weight excluding hydrogens is 374 g/mol.